The molecule has 0 aromatic carbocycles. The van der Waals surface area contributed by atoms with Crippen LogP contribution in [0.4, 0.5) is 0 Å². The Morgan fingerprint density at radius 1 is 1.29 bits per heavy atom. The Hall–Kier alpha value is -0.570. The summed E-state index contributed by atoms with van der Waals surface area (Å²) in [5.41, 5.74) is 0. The van der Waals surface area contributed by atoms with Gasteiger partial charge in [-0.25, -0.2) is 0 Å². The van der Waals surface area contributed by atoms with Crippen LogP contribution in [-0.2, 0) is 4.79 Å². The van der Waals surface area contributed by atoms with E-state index in [2.05, 4.69) is 17.3 Å². The van der Waals surface area contributed by atoms with Crippen LogP contribution in [-0.4, -0.2) is 37.0 Å². The molecule has 1 amide bonds. The van der Waals surface area contributed by atoms with E-state index >= 15 is 0 Å². The van der Waals surface area contributed by atoms with E-state index in [-0.39, 0.29) is 5.91 Å². The Labute approximate surface area is 106 Å². The summed E-state index contributed by atoms with van der Waals surface area (Å²) in [6.07, 6.45) is 9.59. The zero-order valence-corrected chi connectivity index (χ0v) is 11.5. The molecule has 1 N–H and O–H groups in total. The largest absolute Gasteiger partial charge is 0.356 e. The summed E-state index contributed by atoms with van der Waals surface area (Å²) in [4.78, 5) is 13.7. The monoisotopic (exact) mass is 240 g/mol. The van der Waals surface area contributed by atoms with Gasteiger partial charge in [0.15, 0.2) is 0 Å². The molecule has 0 heterocycles. The van der Waals surface area contributed by atoms with Crippen LogP contribution in [0.5, 0.6) is 0 Å². The van der Waals surface area contributed by atoms with Crippen molar-refractivity contribution in [3.63, 3.8) is 0 Å². The van der Waals surface area contributed by atoms with Crippen LogP contribution in [0.3, 0.4) is 0 Å². The molecule has 0 aliphatic heterocycles. The van der Waals surface area contributed by atoms with Gasteiger partial charge in [-0.15, -0.1) is 0 Å². The number of nitrogens with one attached hydrogen (secondary N) is 1. The molecule has 1 fully saturated rings. The van der Waals surface area contributed by atoms with Crippen LogP contribution in [0, 0.1) is 0 Å². The first-order chi connectivity index (χ1) is 8.24. The fraction of sp³-hybridized carbons (Fsp3) is 0.929. The average molecular weight is 240 g/mol. The quantitative estimate of drug-likeness (QED) is 0.694. The molecule has 0 aromatic rings. The third-order valence-corrected chi connectivity index (χ3v) is 3.68. The topological polar surface area (TPSA) is 32.3 Å². The Morgan fingerprint density at radius 2 is 2.00 bits per heavy atom. The molecule has 100 valence electrons. The first kappa shape index (κ1) is 14.5. The van der Waals surface area contributed by atoms with Crippen molar-refractivity contribution in [3.05, 3.63) is 0 Å². The van der Waals surface area contributed by atoms with E-state index in [4.69, 9.17) is 0 Å². The van der Waals surface area contributed by atoms with Crippen LogP contribution in [0.1, 0.15) is 58.3 Å². The SMILES string of the molecule is CCCC(=O)NCCCN(C)C1CCCCC1. The number of rotatable bonds is 7. The van der Waals surface area contributed by atoms with E-state index in [0.717, 1.165) is 32.0 Å². The van der Waals surface area contributed by atoms with Gasteiger partial charge in [0.1, 0.15) is 0 Å². The first-order valence-corrected chi connectivity index (χ1v) is 7.21. The minimum atomic E-state index is 0.202. The number of carbonyl (C=O) groups is 1. The summed E-state index contributed by atoms with van der Waals surface area (Å²) in [5, 5.41) is 2.98. The Morgan fingerprint density at radius 3 is 2.65 bits per heavy atom. The standard InChI is InChI=1S/C14H28N2O/c1-3-8-14(17)15-11-7-12-16(2)13-9-5-4-6-10-13/h13H,3-12H2,1-2H3,(H,15,17). The maximum atomic E-state index is 11.3. The zero-order valence-electron chi connectivity index (χ0n) is 11.5. The lowest BCUT2D eigenvalue weighted by molar-refractivity contribution is -0.121. The summed E-state index contributed by atoms with van der Waals surface area (Å²) < 4.78 is 0. The molecule has 0 spiro atoms. The Balaban J connectivity index is 2.03. The van der Waals surface area contributed by atoms with E-state index in [0.29, 0.717) is 6.42 Å². The van der Waals surface area contributed by atoms with Crippen molar-refractivity contribution in [3.8, 4) is 0 Å². The minimum Gasteiger partial charge on any atom is -0.356 e. The van der Waals surface area contributed by atoms with Crippen molar-refractivity contribution in [1.82, 2.24) is 10.2 Å². The van der Waals surface area contributed by atoms with Crippen molar-refractivity contribution in [2.45, 2.75) is 64.3 Å². The second-order valence-corrected chi connectivity index (χ2v) is 5.23. The number of hydrogen-bond donors (Lipinski definition) is 1. The number of carbonyl (C=O) groups excluding carboxylic acids is 1. The highest BCUT2D eigenvalue weighted by Gasteiger charge is 2.17. The van der Waals surface area contributed by atoms with E-state index in [1.54, 1.807) is 0 Å². The van der Waals surface area contributed by atoms with Gasteiger partial charge in [-0.2, -0.15) is 0 Å². The molecule has 1 saturated carbocycles. The number of amides is 1. The van der Waals surface area contributed by atoms with Crippen molar-refractivity contribution in [1.29, 1.82) is 0 Å². The third kappa shape index (κ3) is 6.06. The molecule has 1 aliphatic carbocycles. The summed E-state index contributed by atoms with van der Waals surface area (Å²) in [6, 6.07) is 0.787. The smallest absolute Gasteiger partial charge is 0.219 e. The molecular weight excluding hydrogens is 212 g/mol. The molecule has 0 unspecified atom stereocenters. The van der Waals surface area contributed by atoms with Gasteiger partial charge < -0.3 is 10.2 Å². The molecule has 3 heteroatoms. The molecule has 3 nitrogen and oxygen atoms in total. The second-order valence-electron chi connectivity index (χ2n) is 5.23. The van der Waals surface area contributed by atoms with Crippen molar-refractivity contribution < 1.29 is 4.79 Å². The van der Waals surface area contributed by atoms with Crippen LogP contribution in [0.25, 0.3) is 0 Å². The molecule has 0 atom stereocenters. The predicted octanol–water partition coefficient (Wildman–Crippen LogP) is 2.56. The van der Waals surface area contributed by atoms with Crippen LogP contribution in [0.2, 0.25) is 0 Å². The van der Waals surface area contributed by atoms with Crippen molar-refractivity contribution in [2.24, 2.45) is 0 Å². The van der Waals surface area contributed by atoms with Gasteiger partial charge in [0, 0.05) is 19.0 Å². The minimum absolute atomic E-state index is 0.202. The Bertz CT molecular complexity index is 212. The van der Waals surface area contributed by atoms with Gasteiger partial charge in [-0.3, -0.25) is 4.79 Å². The lowest BCUT2D eigenvalue weighted by Crippen LogP contribution is -2.35. The molecule has 0 bridgehead atoms. The normalized spacial score (nSPS) is 17.4. The van der Waals surface area contributed by atoms with Crippen LogP contribution < -0.4 is 5.32 Å². The summed E-state index contributed by atoms with van der Waals surface area (Å²) in [7, 11) is 2.23. The fourth-order valence-electron chi connectivity index (χ4n) is 2.58. The molecule has 17 heavy (non-hydrogen) atoms. The van der Waals surface area contributed by atoms with Gasteiger partial charge in [-0.05, 0) is 39.3 Å². The summed E-state index contributed by atoms with van der Waals surface area (Å²) in [6.45, 7) is 3.98. The molecule has 1 aliphatic rings. The summed E-state index contributed by atoms with van der Waals surface area (Å²) in [5.74, 6) is 0.202. The zero-order chi connectivity index (χ0) is 12.5. The Kier molecular flexibility index (Phi) is 7.25. The van der Waals surface area contributed by atoms with Crippen LogP contribution in [0.15, 0.2) is 0 Å². The molecule has 1 rings (SSSR count). The van der Waals surface area contributed by atoms with Crippen LogP contribution >= 0.6 is 0 Å². The first-order valence-electron chi connectivity index (χ1n) is 7.21. The third-order valence-electron chi connectivity index (χ3n) is 3.68. The number of hydrogen-bond acceptors (Lipinski definition) is 2. The van der Waals surface area contributed by atoms with E-state index in [1.165, 1.54) is 32.1 Å². The van der Waals surface area contributed by atoms with E-state index in [1.807, 2.05) is 6.92 Å². The lowest BCUT2D eigenvalue weighted by Gasteiger charge is -2.31. The van der Waals surface area contributed by atoms with Crippen molar-refractivity contribution in [2.75, 3.05) is 20.1 Å². The van der Waals surface area contributed by atoms with Crippen molar-refractivity contribution >= 4 is 5.91 Å². The van der Waals surface area contributed by atoms with E-state index in [9.17, 15) is 4.79 Å². The van der Waals surface area contributed by atoms with E-state index < -0.39 is 0 Å². The average Bonchev–Trinajstić information content (AvgIpc) is 2.36. The lowest BCUT2D eigenvalue weighted by atomic mass is 9.94. The van der Waals surface area contributed by atoms with Gasteiger partial charge in [0.2, 0.25) is 5.91 Å². The maximum absolute atomic E-state index is 11.3. The second kappa shape index (κ2) is 8.51. The van der Waals surface area contributed by atoms with Gasteiger partial charge in [-0.1, -0.05) is 26.2 Å². The highest BCUT2D eigenvalue weighted by molar-refractivity contribution is 5.75. The molecule has 0 radical (unpaired) electrons. The molecule has 0 saturated heterocycles. The fourth-order valence-corrected chi connectivity index (χ4v) is 2.58. The molecule has 0 aromatic heterocycles. The predicted molar refractivity (Wildman–Crippen MR) is 72.0 cm³/mol. The number of nitrogens with zero attached hydrogens (tertiary/aromatic N) is 1. The van der Waals surface area contributed by atoms with Gasteiger partial charge >= 0.3 is 0 Å². The van der Waals surface area contributed by atoms with Gasteiger partial charge in [0.05, 0.1) is 0 Å². The highest BCUT2D eigenvalue weighted by Crippen LogP contribution is 2.21. The maximum Gasteiger partial charge on any atom is 0.219 e. The highest BCUT2D eigenvalue weighted by atomic mass is 16.1. The molecular formula is C14H28N2O. The van der Waals surface area contributed by atoms with Gasteiger partial charge in [0.25, 0.3) is 0 Å². The summed E-state index contributed by atoms with van der Waals surface area (Å²) >= 11 is 0.